The number of halogens is 4. The number of nitrogens with zero attached hydrogens (tertiary/aromatic N) is 1. The second-order valence-corrected chi connectivity index (χ2v) is 7.12. The first-order valence-corrected chi connectivity index (χ1v) is 9.38. The van der Waals surface area contributed by atoms with E-state index in [2.05, 4.69) is 10.6 Å². The summed E-state index contributed by atoms with van der Waals surface area (Å²) in [5, 5.41) is 4.94. The zero-order valence-corrected chi connectivity index (χ0v) is 16.4. The topological polar surface area (TPSA) is 78.5 Å². The highest BCUT2D eigenvalue weighted by Crippen LogP contribution is 2.24. The Morgan fingerprint density at radius 3 is 2.42 bits per heavy atom. The van der Waals surface area contributed by atoms with Crippen LogP contribution in [0.5, 0.6) is 0 Å². The van der Waals surface area contributed by atoms with Gasteiger partial charge in [0.25, 0.3) is 11.8 Å². The molecule has 3 amide bonds. The second-order valence-electron chi connectivity index (χ2n) is 7.12. The standard InChI is InChI=1S/C21H19F4N3O3/c1-12-5-4-7-14(17(12)27-18(29)13-6-2-3-8-15(13)22)19(30)26-16-9-10-28(20(16)31)11-21(23,24)25/h2-8,16H,9-11H2,1H3,(H,26,30)(H,27,29)/t16-/m0/s1. The summed E-state index contributed by atoms with van der Waals surface area (Å²) in [6.45, 7) is 0.111. The molecule has 3 rings (SSSR count). The van der Waals surface area contributed by atoms with Gasteiger partial charge in [0.15, 0.2) is 0 Å². The average molecular weight is 437 g/mol. The number of carbonyl (C=O) groups excluding carboxylic acids is 3. The molecular formula is C21H19F4N3O3. The molecule has 31 heavy (non-hydrogen) atoms. The van der Waals surface area contributed by atoms with Gasteiger partial charge in [0.2, 0.25) is 5.91 Å². The van der Waals surface area contributed by atoms with Crippen molar-refractivity contribution >= 4 is 23.4 Å². The van der Waals surface area contributed by atoms with E-state index >= 15 is 0 Å². The highest BCUT2D eigenvalue weighted by molar-refractivity contribution is 6.10. The number of carbonyl (C=O) groups is 3. The van der Waals surface area contributed by atoms with E-state index in [-0.39, 0.29) is 29.8 Å². The summed E-state index contributed by atoms with van der Waals surface area (Å²) in [6.07, 6.45) is -4.50. The van der Waals surface area contributed by atoms with E-state index in [1.807, 2.05) is 0 Å². The van der Waals surface area contributed by atoms with Crippen LogP contribution in [0.25, 0.3) is 0 Å². The quantitative estimate of drug-likeness (QED) is 0.705. The Morgan fingerprint density at radius 2 is 1.74 bits per heavy atom. The Hall–Kier alpha value is -3.43. The predicted molar refractivity (Wildman–Crippen MR) is 104 cm³/mol. The lowest BCUT2D eigenvalue weighted by Gasteiger charge is -2.19. The molecule has 2 N–H and O–H groups in total. The maximum Gasteiger partial charge on any atom is 0.406 e. The van der Waals surface area contributed by atoms with E-state index in [4.69, 9.17) is 0 Å². The van der Waals surface area contributed by atoms with Crippen LogP contribution in [-0.2, 0) is 4.79 Å². The lowest BCUT2D eigenvalue weighted by Crippen LogP contribution is -2.44. The highest BCUT2D eigenvalue weighted by Gasteiger charge is 2.40. The Balaban J connectivity index is 1.77. The Morgan fingerprint density at radius 1 is 1.06 bits per heavy atom. The summed E-state index contributed by atoms with van der Waals surface area (Å²) >= 11 is 0. The van der Waals surface area contributed by atoms with E-state index in [0.29, 0.717) is 10.5 Å². The van der Waals surface area contributed by atoms with Crippen molar-refractivity contribution in [1.29, 1.82) is 0 Å². The van der Waals surface area contributed by atoms with Crippen molar-refractivity contribution in [3.63, 3.8) is 0 Å². The number of rotatable bonds is 5. The number of alkyl halides is 3. The summed E-state index contributed by atoms with van der Waals surface area (Å²) in [4.78, 5) is 38.1. The third-order valence-corrected chi connectivity index (χ3v) is 4.85. The van der Waals surface area contributed by atoms with Crippen LogP contribution >= 0.6 is 0 Å². The van der Waals surface area contributed by atoms with Crippen LogP contribution in [-0.4, -0.2) is 47.9 Å². The summed E-state index contributed by atoms with van der Waals surface area (Å²) in [7, 11) is 0. The highest BCUT2D eigenvalue weighted by atomic mass is 19.4. The van der Waals surface area contributed by atoms with Crippen LogP contribution in [0.15, 0.2) is 42.5 Å². The number of aryl methyl sites for hydroxylation is 1. The zero-order chi connectivity index (χ0) is 22.8. The first-order chi connectivity index (χ1) is 14.6. The zero-order valence-electron chi connectivity index (χ0n) is 16.4. The predicted octanol–water partition coefficient (Wildman–Crippen LogP) is 3.28. The van der Waals surface area contributed by atoms with Crippen molar-refractivity contribution in [1.82, 2.24) is 10.2 Å². The van der Waals surface area contributed by atoms with Crippen LogP contribution in [0.1, 0.15) is 32.7 Å². The molecule has 1 heterocycles. The van der Waals surface area contributed by atoms with Crippen molar-refractivity contribution in [3.05, 3.63) is 65.0 Å². The van der Waals surface area contributed by atoms with Gasteiger partial charge in [-0.2, -0.15) is 13.2 Å². The van der Waals surface area contributed by atoms with Crippen molar-refractivity contribution in [2.75, 3.05) is 18.4 Å². The molecule has 1 aliphatic rings. The molecule has 1 saturated heterocycles. The van der Waals surface area contributed by atoms with E-state index in [1.54, 1.807) is 19.1 Å². The van der Waals surface area contributed by atoms with E-state index in [9.17, 15) is 31.9 Å². The third kappa shape index (κ3) is 5.19. The number of amides is 3. The Labute approximate surface area is 175 Å². The van der Waals surface area contributed by atoms with Crippen LogP contribution in [0.4, 0.5) is 23.2 Å². The first-order valence-electron chi connectivity index (χ1n) is 9.38. The second kappa shape index (κ2) is 8.75. The summed E-state index contributed by atoms with van der Waals surface area (Å²) in [6, 6.07) is 8.79. The Kier molecular flexibility index (Phi) is 6.28. The summed E-state index contributed by atoms with van der Waals surface area (Å²) < 4.78 is 51.6. The first kappa shape index (κ1) is 22.3. The lowest BCUT2D eigenvalue weighted by atomic mass is 10.1. The maximum atomic E-state index is 13.9. The minimum Gasteiger partial charge on any atom is -0.340 e. The monoisotopic (exact) mass is 437 g/mol. The largest absolute Gasteiger partial charge is 0.406 e. The fourth-order valence-corrected chi connectivity index (χ4v) is 3.33. The van der Waals surface area contributed by atoms with Gasteiger partial charge in [-0.15, -0.1) is 0 Å². The van der Waals surface area contributed by atoms with Crippen molar-refractivity contribution < 1.29 is 31.9 Å². The van der Waals surface area contributed by atoms with Crippen LogP contribution in [0.3, 0.4) is 0 Å². The molecular weight excluding hydrogens is 418 g/mol. The summed E-state index contributed by atoms with van der Waals surface area (Å²) in [5.41, 5.74) is 0.414. The number of hydrogen-bond donors (Lipinski definition) is 2. The van der Waals surface area contributed by atoms with Gasteiger partial charge in [-0.25, -0.2) is 4.39 Å². The van der Waals surface area contributed by atoms with Gasteiger partial charge < -0.3 is 15.5 Å². The molecule has 0 spiro atoms. The van der Waals surface area contributed by atoms with Gasteiger partial charge in [0.05, 0.1) is 16.8 Å². The Bertz CT molecular complexity index is 1020. The lowest BCUT2D eigenvalue weighted by molar-refractivity contribution is -0.157. The van der Waals surface area contributed by atoms with Crippen molar-refractivity contribution in [2.45, 2.75) is 25.6 Å². The normalized spacial score (nSPS) is 16.4. The molecule has 2 aromatic carbocycles. The number of hydrogen-bond acceptors (Lipinski definition) is 3. The molecule has 0 aliphatic carbocycles. The van der Waals surface area contributed by atoms with E-state index < -0.39 is 42.3 Å². The summed E-state index contributed by atoms with van der Waals surface area (Å²) in [5.74, 6) is -3.06. The number of para-hydroxylation sites is 1. The van der Waals surface area contributed by atoms with E-state index in [1.165, 1.54) is 24.3 Å². The SMILES string of the molecule is Cc1cccc(C(=O)N[C@H]2CCN(CC(F)(F)F)C2=O)c1NC(=O)c1ccccc1F. The molecule has 1 fully saturated rings. The molecule has 1 atom stereocenters. The van der Waals surface area contributed by atoms with Crippen LogP contribution in [0.2, 0.25) is 0 Å². The molecule has 2 aromatic rings. The molecule has 1 aliphatic heterocycles. The minimum absolute atomic E-state index is 0.00626. The molecule has 0 unspecified atom stereocenters. The fraction of sp³-hybridized carbons (Fsp3) is 0.286. The number of anilines is 1. The van der Waals surface area contributed by atoms with Gasteiger partial charge in [0, 0.05) is 6.54 Å². The van der Waals surface area contributed by atoms with E-state index in [0.717, 1.165) is 6.07 Å². The molecule has 0 saturated carbocycles. The van der Waals surface area contributed by atoms with Gasteiger partial charge in [-0.05, 0) is 37.1 Å². The van der Waals surface area contributed by atoms with Gasteiger partial charge in [0.1, 0.15) is 18.4 Å². The molecule has 0 radical (unpaired) electrons. The fourth-order valence-electron chi connectivity index (χ4n) is 3.33. The number of benzene rings is 2. The smallest absolute Gasteiger partial charge is 0.340 e. The minimum atomic E-state index is -4.53. The molecule has 0 bridgehead atoms. The van der Waals surface area contributed by atoms with Crippen molar-refractivity contribution in [3.8, 4) is 0 Å². The molecule has 10 heteroatoms. The molecule has 164 valence electrons. The number of likely N-dealkylation sites (tertiary alicyclic amines) is 1. The average Bonchev–Trinajstić information content (AvgIpc) is 3.01. The maximum absolute atomic E-state index is 13.9. The van der Waals surface area contributed by atoms with Crippen LogP contribution < -0.4 is 10.6 Å². The molecule has 6 nitrogen and oxygen atoms in total. The third-order valence-electron chi connectivity index (χ3n) is 4.85. The van der Waals surface area contributed by atoms with Gasteiger partial charge in [-0.1, -0.05) is 24.3 Å². The van der Waals surface area contributed by atoms with Gasteiger partial charge in [-0.3, -0.25) is 14.4 Å². The van der Waals surface area contributed by atoms with Crippen LogP contribution in [0, 0.1) is 12.7 Å². The molecule has 0 aromatic heterocycles. The number of nitrogens with one attached hydrogen (secondary N) is 2. The van der Waals surface area contributed by atoms with Gasteiger partial charge >= 0.3 is 6.18 Å². The van der Waals surface area contributed by atoms with Crippen molar-refractivity contribution in [2.24, 2.45) is 0 Å².